The fourth-order valence-corrected chi connectivity index (χ4v) is 4.16. The van der Waals surface area contributed by atoms with Crippen molar-refractivity contribution in [1.29, 1.82) is 0 Å². The largest absolute Gasteiger partial charge is 0.493 e. The maximum atomic E-state index is 13.3. The molecule has 0 aliphatic rings. The Morgan fingerprint density at radius 1 is 0.947 bits per heavy atom. The molecule has 0 bridgehead atoms. The maximum absolute atomic E-state index is 13.3. The van der Waals surface area contributed by atoms with Gasteiger partial charge in [-0.25, -0.2) is 9.97 Å². The van der Waals surface area contributed by atoms with Gasteiger partial charge in [0.15, 0.2) is 17.1 Å². The van der Waals surface area contributed by atoms with E-state index in [9.17, 15) is 4.79 Å². The van der Waals surface area contributed by atoms with Gasteiger partial charge < -0.3 is 25.3 Å². The van der Waals surface area contributed by atoms with Crippen LogP contribution in [0, 0.1) is 0 Å². The van der Waals surface area contributed by atoms with E-state index in [1.807, 2.05) is 54.6 Å². The summed E-state index contributed by atoms with van der Waals surface area (Å²) in [6.07, 6.45) is 1.57. The average Bonchev–Trinajstić information content (AvgIpc) is 3.23. The molecule has 0 aliphatic heterocycles. The molecule has 0 saturated carbocycles. The number of fused-ring (bicyclic) bond motifs is 2. The quantitative estimate of drug-likeness (QED) is 0.302. The summed E-state index contributed by atoms with van der Waals surface area (Å²) in [6.45, 7) is 0.335. The molecule has 1 amide bonds. The lowest BCUT2D eigenvalue weighted by Gasteiger charge is -2.12. The highest BCUT2D eigenvalue weighted by Crippen LogP contribution is 2.38. The fraction of sp³-hybridized carbons (Fsp3) is 0.143. The van der Waals surface area contributed by atoms with E-state index in [4.69, 9.17) is 29.9 Å². The van der Waals surface area contributed by atoms with Gasteiger partial charge in [-0.05, 0) is 29.8 Å². The van der Waals surface area contributed by atoms with Crippen molar-refractivity contribution in [2.45, 2.75) is 6.54 Å². The van der Waals surface area contributed by atoms with Gasteiger partial charge in [-0.3, -0.25) is 4.79 Å². The van der Waals surface area contributed by atoms with Crippen molar-refractivity contribution in [3.63, 3.8) is 0 Å². The first kappa shape index (κ1) is 24.6. The van der Waals surface area contributed by atoms with Crippen LogP contribution < -0.4 is 25.3 Å². The number of carbonyl (C=O) groups is 1. The average molecular weight is 511 g/mol. The number of hydrogen-bond acceptors (Lipinski definition) is 8. The SMILES string of the molecule is COc1cc(/C=N/n2c(N)c(C(=O)NCc3ccccc3)c3nc4ccccc4nc32)cc(OC)c1OC. The normalized spacial score (nSPS) is 11.2. The lowest BCUT2D eigenvalue weighted by Crippen LogP contribution is -2.23. The number of nitrogens with two attached hydrogens (primary N) is 1. The van der Waals surface area contributed by atoms with Crippen LogP contribution in [0.1, 0.15) is 21.5 Å². The van der Waals surface area contributed by atoms with E-state index in [-0.39, 0.29) is 17.3 Å². The number of methoxy groups -OCH3 is 3. The summed E-state index contributed by atoms with van der Waals surface area (Å²) in [7, 11) is 4.61. The molecule has 0 aliphatic carbocycles. The van der Waals surface area contributed by atoms with E-state index in [0.29, 0.717) is 51.6 Å². The summed E-state index contributed by atoms with van der Waals surface area (Å²) >= 11 is 0. The highest BCUT2D eigenvalue weighted by atomic mass is 16.5. The highest BCUT2D eigenvalue weighted by Gasteiger charge is 2.24. The first-order chi connectivity index (χ1) is 18.5. The molecular formula is C28H26N6O4. The van der Waals surface area contributed by atoms with Crippen LogP contribution in [0.4, 0.5) is 5.82 Å². The van der Waals surface area contributed by atoms with Crippen molar-refractivity contribution in [2.75, 3.05) is 27.1 Å². The predicted molar refractivity (Wildman–Crippen MR) is 146 cm³/mol. The molecule has 10 nitrogen and oxygen atoms in total. The van der Waals surface area contributed by atoms with Gasteiger partial charge >= 0.3 is 0 Å². The Morgan fingerprint density at radius 2 is 1.58 bits per heavy atom. The zero-order valence-electron chi connectivity index (χ0n) is 21.1. The number of benzene rings is 3. The van der Waals surface area contributed by atoms with Crippen LogP contribution in [0.5, 0.6) is 17.2 Å². The molecule has 5 aromatic rings. The Morgan fingerprint density at radius 3 is 2.21 bits per heavy atom. The lowest BCUT2D eigenvalue weighted by atomic mass is 10.2. The third-order valence-corrected chi connectivity index (χ3v) is 6.01. The summed E-state index contributed by atoms with van der Waals surface area (Å²) in [6, 6.07) is 20.5. The number of nitrogens with one attached hydrogen (secondary N) is 1. The number of hydrogen-bond donors (Lipinski definition) is 2. The number of anilines is 1. The molecule has 2 heterocycles. The van der Waals surface area contributed by atoms with Crippen molar-refractivity contribution >= 4 is 40.1 Å². The van der Waals surface area contributed by atoms with Gasteiger partial charge in [0.05, 0.1) is 38.6 Å². The van der Waals surface area contributed by atoms with Gasteiger partial charge in [0, 0.05) is 12.1 Å². The van der Waals surface area contributed by atoms with Crippen LogP contribution in [0.15, 0.2) is 71.8 Å². The van der Waals surface area contributed by atoms with Crippen molar-refractivity contribution in [3.8, 4) is 17.2 Å². The predicted octanol–water partition coefficient (Wildman–Crippen LogP) is 4.00. The van der Waals surface area contributed by atoms with Crippen molar-refractivity contribution in [1.82, 2.24) is 20.0 Å². The zero-order valence-corrected chi connectivity index (χ0v) is 21.1. The molecule has 5 rings (SSSR count). The number of carbonyl (C=O) groups excluding carboxylic acids is 1. The maximum Gasteiger partial charge on any atom is 0.257 e. The number of nitrogens with zero attached hydrogens (tertiary/aromatic N) is 4. The summed E-state index contributed by atoms with van der Waals surface area (Å²) in [5.74, 6) is 1.16. The minimum absolute atomic E-state index is 0.115. The fourth-order valence-electron chi connectivity index (χ4n) is 4.16. The molecule has 0 saturated heterocycles. The van der Waals surface area contributed by atoms with Gasteiger partial charge in [-0.1, -0.05) is 42.5 Å². The minimum atomic E-state index is -0.373. The van der Waals surface area contributed by atoms with Crippen molar-refractivity contribution < 1.29 is 19.0 Å². The van der Waals surface area contributed by atoms with E-state index < -0.39 is 0 Å². The number of rotatable bonds is 8. The Hall–Kier alpha value is -5.12. The van der Waals surface area contributed by atoms with Gasteiger partial charge in [-0.2, -0.15) is 9.78 Å². The number of para-hydroxylation sites is 2. The first-order valence-electron chi connectivity index (χ1n) is 11.8. The van der Waals surface area contributed by atoms with Gasteiger partial charge in [-0.15, -0.1) is 0 Å². The number of ether oxygens (including phenoxy) is 3. The minimum Gasteiger partial charge on any atom is -0.493 e. The van der Waals surface area contributed by atoms with Crippen molar-refractivity contribution in [3.05, 3.63) is 83.4 Å². The molecule has 0 spiro atoms. The molecule has 3 aromatic carbocycles. The molecular weight excluding hydrogens is 484 g/mol. The van der Waals surface area contributed by atoms with Crippen LogP contribution in [0.2, 0.25) is 0 Å². The summed E-state index contributed by atoms with van der Waals surface area (Å²) in [5, 5.41) is 7.50. The Bertz CT molecular complexity index is 1640. The standard InChI is InChI=1S/C28H26N6O4/c1-36-21-13-18(14-22(37-2)25(21)38-3)16-31-34-26(29)23(28(35)30-15-17-9-5-4-6-10-17)24-27(34)33-20-12-8-7-11-19(20)32-24/h4-14,16H,15,29H2,1-3H3,(H,30,35)/b31-16+. The molecule has 192 valence electrons. The van der Waals surface area contributed by atoms with E-state index in [1.54, 1.807) is 18.3 Å². The number of aromatic nitrogens is 3. The van der Waals surface area contributed by atoms with E-state index >= 15 is 0 Å². The number of amides is 1. The zero-order chi connectivity index (χ0) is 26.6. The van der Waals surface area contributed by atoms with Gasteiger partial charge in [0.2, 0.25) is 5.75 Å². The Balaban J connectivity index is 1.60. The third kappa shape index (κ3) is 4.55. The highest BCUT2D eigenvalue weighted by molar-refractivity contribution is 6.10. The molecule has 2 aromatic heterocycles. The van der Waals surface area contributed by atoms with Crippen LogP contribution >= 0.6 is 0 Å². The van der Waals surface area contributed by atoms with Crippen LogP contribution in [-0.2, 0) is 6.54 Å². The lowest BCUT2D eigenvalue weighted by molar-refractivity contribution is 0.0953. The van der Waals surface area contributed by atoms with Gasteiger partial charge in [0.25, 0.3) is 5.91 Å². The van der Waals surface area contributed by atoms with Crippen molar-refractivity contribution in [2.24, 2.45) is 5.10 Å². The van der Waals surface area contributed by atoms with Crippen LogP contribution in [-0.4, -0.2) is 48.1 Å². The molecule has 0 atom stereocenters. The molecule has 3 N–H and O–H groups in total. The van der Waals surface area contributed by atoms with E-state index in [1.165, 1.54) is 26.0 Å². The molecule has 38 heavy (non-hydrogen) atoms. The van der Waals surface area contributed by atoms with Crippen LogP contribution in [0.25, 0.3) is 22.2 Å². The first-order valence-corrected chi connectivity index (χ1v) is 11.8. The molecule has 10 heteroatoms. The Labute approximate surface area is 218 Å². The molecule has 0 radical (unpaired) electrons. The molecule has 0 unspecified atom stereocenters. The summed E-state index contributed by atoms with van der Waals surface area (Å²) in [5.41, 5.74) is 10.3. The number of nitrogen functional groups attached to an aromatic ring is 1. The van der Waals surface area contributed by atoms with Gasteiger partial charge in [0.1, 0.15) is 16.9 Å². The van der Waals surface area contributed by atoms with E-state index in [0.717, 1.165) is 5.56 Å². The van der Waals surface area contributed by atoms with E-state index in [2.05, 4.69) is 10.4 Å². The monoisotopic (exact) mass is 510 g/mol. The Kier molecular flexibility index (Phi) is 6.77. The second-order valence-electron chi connectivity index (χ2n) is 8.33. The topological polar surface area (TPSA) is 126 Å². The smallest absolute Gasteiger partial charge is 0.257 e. The second-order valence-corrected chi connectivity index (χ2v) is 8.33. The summed E-state index contributed by atoms with van der Waals surface area (Å²) < 4.78 is 17.7. The second kappa shape index (κ2) is 10.5. The summed E-state index contributed by atoms with van der Waals surface area (Å²) in [4.78, 5) is 22.8. The third-order valence-electron chi connectivity index (χ3n) is 6.01. The molecule has 0 fully saturated rings. The van der Waals surface area contributed by atoms with Crippen LogP contribution in [0.3, 0.4) is 0 Å².